The van der Waals surface area contributed by atoms with E-state index in [4.69, 9.17) is 9.97 Å². The van der Waals surface area contributed by atoms with Crippen molar-refractivity contribution in [1.29, 1.82) is 0 Å². The number of hydrogen-bond acceptors (Lipinski definition) is 3. The van der Waals surface area contributed by atoms with Gasteiger partial charge in [-0.2, -0.15) is 0 Å². The van der Waals surface area contributed by atoms with Crippen molar-refractivity contribution < 1.29 is 26.2 Å². The van der Waals surface area contributed by atoms with Gasteiger partial charge in [0.25, 0.3) is 0 Å². The number of imidazole rings is 1. The average Bonchev–Trinajstić information content (AvgIpc) is 3.74. The summed E-state index contributed by atoms with van der Waals surface area (Å²) in [5, 5.41) is 11.1. The molecule has 0 spiro atoms. The number of phenolic OH excluding ortho intramolecular Hbond substituents is 1. The molecule has 0 unspecified atom stereocenters. The van der Waals surface area contributed by atoms with Crippen molar-refractivity contribution in [2.75, 3.05) is 0 Å². The maximum atomic E-state index is 11.1. The van der Waals surface area contributed by atoms with Gasteiger partial charge in [0.1, 0.15) is 11.6 Å². The summed E-state index contributed by atoms with van der Waals surface area (Å²) < 4.78 is 2.14. The zero-order valence-electron chi connectivity index (χ0n) is 30.8. The zero-order valence-corrected chi connectivity index (χ0v) is 33.1. The zero-order chi connectivity index (χ0) is 37.1. The van der Waals surface area contributed by atoms with E-state index >= 15 is 0 Å². The SMILES string of the molecule is CC1(C)c2ccccc2-c2cc(-c3cc(-c4ccc(-c5ccccc5)cc4)ccn3)[c-]c(-c3cccc4c3nc(-c3ccccc3O)n4-c3ccccc3)c21.[Pt]. The number of phenols is 1. The Labute approximate surface area is 341 Å². The second-order valence-corrected chi connectivity index (χ2v) is 14.7. The quantitative estimate of drug-likeness (QED) is 0.169. The normalized spacial score (nSPS) is 12.5. The number of rotatable bonds is 6. The summed E-state index contributed by atoms with van der Waals surface area (Å²) in [6.45, 7) is 4.62. The van der Waals surface area contributed by atoms with Crippen LogP contribution in [0.1, 0.15) is 25.0 Å². The van der Waals surface area contributed by atoms with E-state index in [-0.39, 0.29) is 32.2 Å². The fraction of sp³-hybridized carbons (Fsp3) is 0.0588. The van der Waals surface area contributed by atoms with Crippen molar-refractivity contribution in [3.05, 3.63) is 193 Å². The van der Waals surface area contributed by atoms with Gasteiger partial charge in [0, 0.05) is 38.6 Å². The third-order valence-electron chi connectivity index (χ3n) is 11.1. The first-order valence-electron chi connectivity index (χ1n) is 18.6. The molecule has 0 saturated heterocycles. The molecule has 1 N–H and O–H groups in total. The Morgan fingerprint density at radius 1 is 0.571 bits per heavy atom. The van der Waals surface area contributed by atoms with Crippen LogP contribution in [0.15, 0.2) is 176 Å². The molecule has 0 bridgehead atoms. The number of benzene rings is 7. The fourth-order valence-corrected chi connectivity index (χ4v) is 8.41. The largest absolute Gasteiger partial charge is 0.507 e. The molecule has 0 amide bonds. The first-order valence-corrected chi connectivity index (χ1v) is 18.6. The van der Waals surface area contributed by atoms with Gasteiger partial charge in [0.05, 0.1) is 16.6 Å². The Morgan fingerprint density at radius 3 is 1.95 bits per heavy atom. The van der Waals surface area contributed by atoms with Crippen LogP contribution in [0.5, 0.6) is 5.75 Å². The van der Waals surface area contributed by atoms with Gasteiger partial charge in [0.2, 0.25) is 0 Å². The molecule has 1 aliphatic carbocycles. The standard InChI is InChI=1S/C51H36N3O.Pt/c1-51(2)44-21-11-9-18-39(44)42-30-37(45-32-36(28-29-52-45)35-26-24-34(25-27-35)33-14-5-3-6-15-33)31-43(48(42)51)40-20-13-22-46-49(40)53-50(41-19-10-12-23-47(41)55)54(46)38-16-7-4-8-17-38;/h3-30,32,55H,1-2H3;/q-1;. The van der Waals surface area contributed by atoms with Gasteiger partial charge in [-0.25, -0.2) is 4.98 Å². The van der Waals surface area contributed by atoms with E-state index in [1.54, 1.807) is 6.07 Å². The van der Waals surface area contributed by atoms with E-state index in [2.05, 4.69) is 146 Å². The fourth-order valence-electron chi connectivity index (χ4n) is 8.41. The number of aromatic nitrogens is 3. The summed E-state index contributed by atoms with van der Waals surface area (Å²) in [7, 11) is 0. The Bertz CT molecular complexity index is 2900. The Kier molecular flexibility index (Phi) is 8.87. The summed E-state index contributed by atoms with van der Waals surface area (Å²) in [6.07, 6.45) is 1.90. The number of fused-ring (bicyclic) bond motifs is 4. The van der Waals surface area contributed by atoms with Crippen LogP contribution in [-0.2, 0) is 26.5 Å². The van der Waals surface area contributed by atoms with Crippen LogP contribution >= 0.6 is 0 Å². The third-order valence-corrected chi connectivity index (χ3v) is 11.1. The molecular formula is C51H36N3OPt-. The van der Waals surface area contributed by atoms with Crippen LogP contribution < -0.4 is 0 Å². The molecule has 9 aromatic rings. The van der Waals surface area contributed by atoms with E-state index in [9.17, 15) is 5.11 Å². The minimum absolute atomic E-state index is 0. The van der Waals surface area contributed by atoms with Crippen LogP contribution in [0.3, 0.4) is 0 Å². The maximum Gasteiger partial charge on any atom is 0.148 e. The third kappa shape index (κ3) is 5.80. The van der Waals surface area contributed by atoms with E-state index in [1.165, 1.54) is 33.4 Å². The van der Waals surface area contributed by atoms with Crippen LogP contribution in [0.4, 0.5) is 0 Å². The van der Waals surface area contributed by atoms with Gasteiger partial charge >= 0.3 is 0 Å². The molecule has 272 valence electrons. The van der Waals surface area contributed by atoms with Crippen LogP contribution in [0.25, 0.3) is 83.9 Å². The van der Waals surface area contributed by atoms with Gasteiger partial charge in [-0.05, 0) is 75.2 Å². The summed E-state index contributed by atoms with van der Waals surface area (Å²) >= 11 is 0. The molecule has 0 saturated carbocycles. The first-order chi connectivity index (χ1) is 27.0. The van der Waals surface area contributed by atoms with Crippen molar-refractivity contribution in [2.24, 2.45) is 0 Å². The number of aromatic hydroxyl groups is 1. The molecule has 5 heteroatoms. The molecule has 2 heterocycles. The van der Waals surface area contributed by atoms with Crippen molar-refractivity contribution in [1.82, 2.24) is 14.5 Å². The molecule has 2 aromatic heterocycles. The number of pyridine rings is 1. The predicted molar refractivity (Wildman–Crippen MR) is 224 cm³/mol. The maximum absolute atomic E-state index is 11.1. The van der Waals surface area contributed by atoms with Gasteiger partial charge in [0.15, 0.2) is 0 Å². The number of nitrogens with zero attached hydrogens (tertiary/aromatic N) is 3. The number of hydrogen-bond donors (Lipinski definition) is 1. The minimum Gasteiger partial charge on any atom is -0.507 e. The monoisotopic (exact) mass is 901 g/mol. The van der Waals surface area contributed by atoms with Gasteiger partial charge < -0.3 is 5.11 Å². The summed E-state index contributed by atoms with van der Waals surface area (Å²) in [5.74, 6) is 0.859. The van der Waals surface area contributed by atoms with Crippen LogP contribution in [-0.4, -0.2) is 19.6 Å². The van der Waals surface area contributed by atoms with E-state index in [0.717, 1.165) is 50.2 Å². The van der Waals surface area contributed by atoms with Crippen LogP contribution in [0.2, 0.25) is 0 Å². The molecule has 0 atom stereocenters. The summed E-state index contributed by atoms with van der Waals surface area (Å²) in [4.78, 5) is 10.3. The molecule has 7 aromatic carbocycles. The molecule has 0 aliphatic heterocycles. The van der Waals surface area contributed by atoms with Crippen molar-refractivity contribution in [2.45, 2.75) is 19.3 Å². The van der Waals surface area contributed by atoms with E-state index < -0.39 is 0 Å². The molecule has 1 aliphatic rings. The Hall–Kier alpha value is -6.35. The second kappa shape index (κ2) is 14.1. The van der Waals surface area contributed by atoms with Gasteiger partial charge in [-0.3, -0.25) is 9.55 Å². The topological polar surface area (TPSA) is 50.9 Å². The Morgan fingerprint density at radius 2 is 1.20 bits per heavy atom. The molecule has 56 heavy (non-hydrogen) atoms. The van der Waals surface area contributed by atoms with Gasteiger partial charge in [-0.1, -0.05) is 163 Å². The molecule has 0 fully saturated rings. The van der Waals surface area contributed by atoms with Crippen molar-refractivity contribution in [3.8, 4) is 78.6 Å². The first kappa shape index (κ1) is 35.4. The second-order valence-electron chi connectivity index (χ2n) is 14.7. The minimum atomic E-state index is -0.295. The van der Waals surface area contributed by atoms with Crippen molar-refractivity contribution in [3.63, 3.8) is 0 Å². The summed E-state index contributed by atoms with van der Waals surface area (Å²) in [6, 6.07) is 62.4. The van der Waals surface area contributed by atoms with Crippen LogP contribution in [0, 0.1) is 6.07 Å². The molecule has 0 radical (unpaired) electrons. The van der Waals surface area contributed by atoms with Crippen molar-refractivity contribution >= 4 is 11.0 Å². The van der Waals surface area contributed by atoms with E-state index in [0.29, 0.717) is 11.4 Å². The van der Waals surface area contributed by atoms with E-state index in [1.807, 2.05) is 48.7 Å². The Balaban J connectivity index is 0.00000410. The average molecular weight is 902 g/mol. The number of para-hydroxylation sites is 3. The molecule has 4 nitrogen and oxygen atoms in total. The van der Waals surface area contributed by atoms with Gasteiger partial charge in [-0.15, -0.1) is 17.7 Å². The smallest absolute Gasteiger partial charge is 0.148 e. The predicted octanol–water partition coefficient (Wildman–Crippen LogP) is 12.6. The summed E-state index contributed by atoms with van der Waals surface area (Å²) in [5.41, 5.74) is 16.4. The molecule has 10 rings (SSSR count). The molecular weight excluding hydrogens is 866 g/mol.